The molecule has 0 radical (unpaired) electrons. The van der Waals surface area contributed by atoms with Crippen LogP contribution in [0.2, 0.25) is 0 Å². The number of ketones is 1. The molecule has 0 atom stereocenters. The molecule has 0 bridgehead atoms. The van der Waals surface area contributed by atoms with Crippen molar-refractivity contribution in [1.82, 2.24) is 0 Å². The molecule has 0 aromatic heterocycles. The Morgan fingerprint density at radius 2 is 1.60 bits per heavy atom. The maximum atomic E-state index is 12.4. The van der Waals surface area contributed by atoms with Crippen LogP contribution >= 0.6 is 15.9 Å². The lowest BCUT2D eigenvalue weighted by atomic mass is 9.88. The van der Waals surface area contributed by atoms with E-state index in [9.17, 15) is 4.79 Å². The molecule has 0 aliphatic rings. The summed E-state index contributed by atoms with van der Waals surface area (Å²) in [7, 11) is 0. The molecule has 0 spiro atoms. The second-order valence-electron chi connectivity index (χ2n) is 5.81. The van der Waals surface area contributed by atoms with Crippen LogP contribution in [0.4, 0.5) is 0 Å². The van der Waals surface area contributed by atoms with Gasteiger partial charge in [-0.2, -0.15) is 0 Å². The summed E-state index contributed by atoms with van der Waals surface area (Å²) < 4.78 is 11.9. The maximum Gasteiger partial charge on any atom is 0.164 e. The van der Waals surface area contributed by atoms with Crippen molar-refractivity contribution in [3.05, 3.63) is 22.2 Å². The van der Waals surface area contributed by atoms with Crippen molar-refractivity contribution in [3.8, 4) is 11.5 Å². The molecule has 0 saturated heterocycles. The Morgan fingerprint density at radius 3 is 2.05 bits per heavy atom. The third kappa shape index (κ3) is 4.82. The number of carbonyl (C=O) groups is 1. The molecule has 0 aliphatic heterocycles. The van der Waals surface area contributed by atoms with Gasteiger partial charge in [-0.25, -0.2) is 0 Å². The minimum atomic E-state index is -0.0408. The molecule has 20 heavy (non-hydrogen) atoms. The van der Waals surface area contributed by atoms with Crippen molar-refractivity contribution in [2.45, 2.75) is 41.0 Å². The number of hydrogen-bond acceptors (Lipinski definition) is 3. The molecule has 1 rings (SSSR count). The summed E-state index contributed by atoms with van der Waals surface area (Å²) in [5, 5.41) is 0. The zero-order valence-electron chi connectivity index (χ0n) is 12.9. The molecule has 4 heteroatoms. The van der Waals surface area contributed by atoms with Crippen LogP contribution in [-0.2, 0) is 0 Å². The fourth-order valence-corrected chi connectivity index (χ4v) is 2.41. The van der Waals surface area contributed by atoms with Gasteiger partial charge in [0.05, 0.1) is 13.2 Å². The number of hydrogen-bond donors (Lipinski definition) is 0. The van der Waals surface area contributed by atoms with Gasteiger partial charge in [0.2, 0.25) is 0 Å². The summed E-state index contributed by atoms with van der Waals surface area (Å²) in [6, 6.07) is 3.58. The van der Waals surface area contributed by atoms with Gasteiger partial charge in [-0.15, -0.1) is 0 Å². The number of benzene rings is 1. The Labute approximate surface area is 129 Å². The van der Waals surface area contributed by atoms with Gasteiger partial charge in [0.15, 0.2) is 17.3 Å². The highest BCUT2D eigenvalue weighted by atomic mass is 79.9. The number of halogens is 1. The van der Waals surface area contributed by atoms with Gasteiger partial charge in [0.25, 0.3) is 0 Å². The van der Waals surface area contributed by atoms with E-state index in [0.29, 0.717) is 36.7 Å². The van der Waals surface area contributed by atoms with E-state index in [-0.39, 0.29) is 11.2 Å². The minimum absolute atomic E-state index is 0.0408. The van der Waals surface area contributed by atoms with E-state index in [1.807, 2.05) is 19.9 Å². The lowest BCUT2D eigenvalue weighted by molar-refractivity contribution is 0.0938. The van der Waals surface area contributed by atoms with Crippen molar-refractivity contribution in [3.63, 3.8) is 0 Å². The zero-order valence-corrected chi connectivity index (χ0v) is 14.5. The quantitative estimate of drug-likeness (QED) is 0.692. The number of carbonyl (C=O) groups excluding carboxylic acids is 1. The zero-order chi connectivity index (χ0) is 15.3. The first-order valence-corrected chi connectivity index (χ1v) is 7.70. The molecule has 0 heterocycles. The lowest BCUT2D eigenvalue weighted by Crippen LogP contribution is -2.14. The first-order valence-electron chi connectivity index (χ1n) is 6.90. The van der Waals surface area contributed by atoms with Crippen LogP contribution in [0, 0.1) is 5.41 Å². The van der Waals surface area contributed by atoms with Crippen molar-refractivity contribution < 1.29 is 14.3 Å². The molecule has 1 aromatic rings. The largest absolute Gasteiger partial charge is 0.490 e. The summed E-state index contributed by atoms with van der Waals surface area (Å²) in [5.74, 6) is 1.39. The lowest BCUT2D eigenvalue weighted by Gasteiger charge is -2.18. The molecular formula is C16H23BrO3. The second-order valence-corrected chi connectivity index (χ2v) is 6.66. The summed E-state index contributed by atoms with van der Waals surface area (Å²) in [5.41, 5.74) is 0.604. The van der Waals surface area contributed by atoms with Crippen LogP contribution in [0.15, 0.2) is 16.6 Å². The minimum Gasteiger partial charge on any atom is -0.490 e. The Hall–Kier alpha value is -1.03. The van der Waals surface area contributed by atoms with E-state index >= 15 is 0 Å². The van der Waals surface area contributed by atoms with E-state index in [0.717, 1.165) is 4.47 Å². The van der Waals surface area contributed by atoms with Crippen molar-refractivity contribution in [2.24, 2.45) is 5.41 Å². The van der Waals surface area contributed by atoms with Crippen molar-refractivity contribution in [2.75, 3.05) is 13.2 Å². The van der Waals surface area contributed by atoms with Crippen molar-refractivity contribution in [1.29, 1.82) is 0 Å². The van der Waals surface area contributed by atoms with Gasteiger partial charge < -0.3 is 9.47 Å². The highest BCUT2D eigenvalue weighted by molar-refractivity contribution is 9.10. The molecule has 112 valence electrons. The molecule has 0 unspecified atom stereocenters. The van der Waals surface area contributed by atoms with E-state index in [1.54, 1.807) is 6.07 Å². The van der Waals surface area contributed by atoms with E-state index in [1.165, 1.54) is 0 Å². The highest BCUT2D eigenvalue weighted by Crippen LogP contribution is 2.35. The molecular weight excluding hydrogens is 320 g/mol. The molecule has 0 fully saturated rings. The number of rotatable bonds is 6. The highest BCUT2D eigenvalue weighted by Gasteiger charge is 2.21. The monoisotopic (exact) mass is 342 g/mol. The smallest absolute Gasteiger partial charge is 0.164 e. The van der Waals surface area contributed by atoms with Gasteiger partial charge in [-0.3, -0.25) is 4.79 Å². The first kappa shape index (κ1) is 17.0. The fraction of sp³-hybridized carbons (Fsp3) is 0.562. The predicted octanol–water partition coefficient (Wildman–Crippen LogP) is 4.87. The van der Waals surface area contributed by atoms with Gasteiger partial charge in [-0.05, 0) is 47.3 Å². The molecule has 0 N–H and O–H groups in total. The van der Waals surface area contributed by atoms with Gasteiger partial charge in [-0.1, -0.05) is 20.8 Å². The normalized spacial score (nSPS) is 11.3. The van der Waals surface area contributed by atoms with Gasteiger partial charge in [0, 0.05) is 16.5 Å². The maximum absolute atomic E-state index is 12.4. The van der Waals surface area contributed by atoms with E-state index in [4.69, 9.17) is 9.47 Å². The Bertz CT molecular complexity index is 475. The van der Waals surface area contributed by atoms with Crippen LogP contribution < -0.4 is 9.47 Å². The average molecular weight is 343 g/mol. The third-order valence-corrected chi connectivity index (χ3v) is 3.28. The first-order chi connectivity index (χ1) is 9.28. The van der Waals surface area contributed by atoms with Crippen LogP contribution in [-0.4, -0.2) is 19.0 Å². The molecule has 1 aromatic carbocycles. The SMILES string of the molecule is CCOc1cc(Br)c(C(=O)CC(C)(C)C)cc1OCC. The Morgan fingerprint density at radius 1 is 1.10 bits per heavy atom. The molecule has 0 saturated carbocycles. The molecule has 0 aliphatic carbocycles. The number of Topliss-reactive ketones (excluding diaryl/α,β-unsaturated/α-hetero) is 1. The third-order valence-electron chi connectivity index (χ3n) is 2.62. The Balaban J connectivity index is 3.14. The Kier molecular flexibility index (Phi) is 6.06. The summed E-state index contributed by atoms with van der Waals surface area (Å²) in [6.07, 6.45) is 0.491. The number of ether oxygens (including phenoxy) is 2. The van der Waals surface area contributed by atoms with Gasteiger partial charge >= 0.3 is 0 Å². The second kappa shape index (κ2) is 7.11. The van der Waals surface area contributed by atoms with Crippen LogP contribution in [0.5, 0.6) is 11.5 Å². The van der Waals surface area contributed by atoms with Gasteiger partial charge in [0.1, 0.15) is 0 Å². The standard InChI is InChI=1S/C16H23BrO3/c1-6-19-14-8-11(13(18)10-16(3,4)5)12(17)9-15(14)20-7-2/h8-9H,6-7,10H2,1-5H3. The van der Waals surface area contributed by atoms with Crippen LogP contribution in [0.25, 0.3) is 0 Å². The molecule has 3 nitrogen and oxygen atoms in total. The fourth-order valence-electron chi connectivity index (χ4n) is 1.86. The topological polar surface area (TPSA) is 35.5 Å². The van der Waals surface area contributed by atoms with E-state index in [2.05, 4.69) is 36.7 Å². The van der Waals surface area contributed by atoms with Crippen molar-refractivity contribution >= 4 is 21.7 Å². The molecule has 0 amide bonds. The summed E-state index contributed by atoms with van der Waals surface area (Å²) in [4.78, 5) is 12.4. The van der Waals surface area contributed by atoms with Crippen LogP contribution in [0.1, 0.15) is 51.4 Å². The van der Waals surface area contributed by atoms with E-state index < -0.39 is 0 Å². The van der Waals surface area contributed by atoms with Crippen LogP contribution in [0.3, 0.4) is 0 Å². The average Bonchev–Trinajstić information content (AvgIpc) is 2.30. The summed E-state index contributed by atoms with van der Waals surface area (Å²) >= 11 is 3.45. The summed E-state index contributed by atoms with van der Waals surface area (Å²) in [6.45, 7) is 11.1. The predicted molar refractivity (Wildman–Crippen MR) is 84.9 cm³/mol.